The number of hydrogen-bond donors (Lipinski definition) is 2. The van der Waals surface area contributed by atoms with Crippen LogP contribution in [0.1, 0.15) is 53.4 Å². The molecule has 0 saturated carbocycles. The topological polar surface area (TPSA) is 124 Å². The standard InChI is InChI=1S/C22H32N6O4/c1-15(2)13-27-19(29)9-7-17(25-27)21(31)23-11-5-6-12-24-22(32)18-8-10-20(30)28(26-18)14-16(3)4/h15-16H,7-14H2,1-4H3,(H,23,31)(H,24,32). The predicted octanol–water partition coefficient (Wildman–Crippen LogP) is 0.491. The minimum Gasteiger partial charge on any atom is -0.340 e. The van der Waals surface area contributed by atoms with Gasteiger partial charge in [0.25, 0.3) is 11.8 Å². The Morgan fingerprint density at radius 3 is 1.50 bits per heavy atom. The molecule has 0 aromatic rings. The summed E-state index contributed by atoms with van der Waals surface area (Å²) in [5, 5.41) is 16.4. The molecule has 0 atom stereocenters. The fourth-order valence-electron chi connectivity index (χ4n) is 3.08. The lowest BCUT2D eigenvalue weighted by Crippen LogP contribution is -2.40. The molecular weight excluding hydrogens is 412 g/mol. The highest BCUT2D eigenvalue weighted by Gasteiger charge is 2.25. The van der Waals surface area contributed by atoms with Crippen molar-refractivity contribution < 1.29 is 19.2 Å². The maximum Gasteiger partial charge on any atom is 0.268 e. The Morgan fingerprint density at radius 2 is 1.16 bits per heavy atom. The Kier molecular flexibility index (Phi) is 9.38. The molecule has 4 amide bonds. The first-order chi connectivity index (χ1) is 15.2. The van der Waals surface area contributed by atoms with E-state index in [4.69, 9.17) is 0 Å². The molecule has 0 unspecified atom stereocenters. The molecule has 0 aliphatic carbocycles. The van der Waals surface area contributed by atoms with Gasteiger partial charge in [0.15, 0.2) is 0 Å². The third-order valence-electron chi connectivity index (χ3n) is 4.61. The lowest BCUT2D eigenvalue weighted by Gasteiger charge is -2.24. The molecule has 2 aliphatic rings. The van der Waals surface area contributed by atoms with Gasteiger partial charge in [0.2, 0.25) is 11.8 Å². The summed E-state index contributed by atoms with van der Waals surface area (Å²) in [6, 6.07) is 0. The highest BCUT2D eigenvalue weighted by atomic mass is 16.2. The smallest absolute Gasteiger partial charge is 0.268 e. The summed E-state index contributed by atoms with van der Waals surface area (Å²) in [6.45, 7) is 9.07. The third-order valence-corrected chi connectivity index (χ3v) is 4.61. The average molecular weight is 445 g/mol. The highest BCUT2D eigenvalue weighted by Crippen LogP contribution is 2.12. The summed E-state index contributed by atoms with van der Waals surface area (Å²) in [7, 11) is 0. The maximum atomic E-state index is 12.3. The van der Waals surface area contributed by atoms with Gasteiger partial charge in [-0.2, -0.15) is 10.2 Å². The second-order valence-corrected chi connectivity index (χ2v) is 8.55. The van der Waals surface area contributed by atoms with E-state index in [-0.39, 0.29) is 61.4 Å². The second-order valence-electron chi connectivity index (χ2n) is 8.55. The van der Waals surface area contributed by atoms with Crippen LogP contribution in [0.3, 0.4) is 0 Å². The van der Waals surface area contributed by atoms with E-state index >= 15 is 0 Å². The monoisotopic (exact) mass is 444 g/mol. The normalized spacial score (nSPS) is 16.4. The van der Waals surface area contributed by atoms with Crippen molar-refractivity contribution in [3.05, 3.63) is 0 Å². The van der Waals surface area contributed by atoms with Crippen LogP contribution in [0.25, 0.3) is 0 Å². The lowest BCUT2D eigenvalue weighted by atomic mass is 10.1. The summed E-state index contributed by atoms with van der Waals surface area (Å²) in [4.78, 5) is 48.3. The van der Waals surface area contributed by atoms with E-state index < -0.39 is 0 Å². The number of rotatable bonds is 8. The van der Waals surface area contributed by atoms with Crippen molar-refractivity contribution >= 4 is 35.1 Å². The minimum atomic E-state index is -0.351. The molecule has 0 aromatic carbocycles. The van der Waals surface area contributed by atoms with E-state index in [1.54, 1.807) is 0 Å². The Morgan fingerprint density at radius 1 is 0.781 bits per heavy atom. The zero-order chi connectivity index (χ0) is 23.7. The van der Waals surface area contributed by atoms with Crippen molar-refractivity contribution in [3.8, 4) is 11.8 Å². The van der Waals surface area contributed by atoms with E-state index in [9.17, 15) is 19.2 Å². The summed E-state index contributed by atoms with van der Waals surface area (Å²) >= 11 is 0. The van der Waals surface area contributed by atoms with Gasteiger partial charge >= 0.3 is 0 Å². The van der Waals surface area contributed by atoms with E-state index in [1.807, 2.05) is 27.7 Å². The Bertz CT molecular complexity index is 797. The molecular formula is C22H32N6O4. The Balaban J connectivity index is 1.77. The van der Waals surface area contributed by atoms with Gasteiger partial charge in [-0.3, -0.25) is 19.2 Å². The number of nitrogens with zero attached hydrogens (tertiary/aromatic N) is 4. The van der Waals surface area contributed by atoms with Crippen LogP contribution in [0, 0.1) is 23.7 Å². The Hall–Kier alpha value is -3.22. The van der Waals surface area contributed by atoms with Gasteiger partial charge in [-0.1, -0.05) is 39.5 Å². The number of hydrazone groups is 2. The summed E-state index contributed by atoms with van der Waals surface area (Å²) in [5.74, 6) is 5.19. The number of nitrogens with one attached hydrogen (secondary N) is 2. The van der Waals surface area contributed by atoms with Gasteiger partial charge in [0.1, 0.15) is 11.4 Å². The van der Waals surface area contributed by atoms with Crippen LogP contribution in [0.2, 0.25) is 0 Å². The minimum absolute atomic E-state index is 0.0787. The number of hydrogen-bond acceptors (Lipinski definition) is 6. The summed E-state index contributed by atoms with van der Waals surface area (Å²) < 4.78 is 0. The molecule has 2 N–H and O–H groups in total. The fourth-order valence-corrected chi connectivity index (χ4v) is 3.08. The number of amides is 4. The van der Waals surface area contributed by atoms with Crippen LogP contribution < -0.4 is 10.6 Å². The summed E-state index contributed by atoms with van der Waals surface area (Å²) in [5.41, 5.74) is 0.632. The molecule has 0 radical (unpaired) electrons. The molecule has 0 spiro atoms. The molecule has 2 heterocycles. The molecule has 2 aliphatic heterocycles. The zero-order valence-electron chi connectivity index (χ0n) is 19.2. The first kappa shape index (κ1) is 25.0. The number of carbonyl (C=O) groups is 4. The molecule has 2 rings (SSSR count). The quantitative estimate of drug-likeness (QED) is 0.529. The summed E-state index contributed by atoms with van der Waals surface area (Å²) in [6.07, 6.45) is 1.14. The van der Waals surface area contributed by atoms with E-state index in [1.165, 1.54) is 10.0 Å². The largest absolute Gasteiger partial charge is 0.340 e. The van der Waals surface area contributed by atoms with Crippen molar-refractivity contribution in [2.75, 3.05) is 26.2 Å². The van der Waals surface area contributed by atoms with Crippen LogP contribution in [0.4, 0.5) is 0 Å². The first-order valence-electron chi connectivity index (χ1n) is 10.9. The third kappa shape index (κ3) is 7.80. The average Bonchev–Trinajstić information content (AvgIpc) is 2.72. The van der Waals surface area contributed by atoms with Crippen molar-refractivity contribution in [3.63, 3.8) is 0 Å². The van der Waals surface area contributed by atoms with Crippen molar-refractivity contribution in [1.29, 1.82) is 0 Å². The van der Waals surface area contributed by atoms with Gasteiger partial charge in [-0.25, -0.2) is 10.0 Å². The van der Waals surface area contributed by atoms with Crippen LogP contribution in [-0.4, -0.2) is 71.2 Å². The molecule has 10 nitrogen and oxygen atoms in total. The van der Waals surface area contributed by atoms with Crippen LogP contribution in [0.5, 0.6) is 0 Å². The van der Waals surface area contributed by atoms with E-state index in [2.05, 4.69) is 32.7 Å². The molecule has 10 heteroatoms. The van der Waals surface area contributed by atoms with E-state index in [0.717, 1.165) is 0 Å². The SMILES string of the molecule is CC(C)CN1N=C(C(=O)NCC#CCNC(=O)C2=NN(CC(C)C)C(=O)CC2)CCC1=O. The molecule has 32 heavy (non-hydrogen) atoms. The van der Waals surface area contributed by atoms with Crippen LogP contribution in [0.15, 0.2) is 10.2 Å². The lowest BCUT2D eigenvalue weighted by molar-refractivity contribution is -0.133. The maximum absolute atomic E-state index is 12.3. The molecule has 0 saturated heterocycles. The van der Waals surface area contributed by atoms with Gasteiger partial charge in [-0.05, 0) is 11.8 Å². The molecule has 0 fully saturated rings. The molecule has 174 valence electrons. The van der Waals surface area contributed by atoms with Gasteiger partial charge in [0, 0.05) is 38.8 Å². The first-order valence-corrected chi connectivity index (χ1v) is 10.9. The van der Waals surface area contributed by atoms with E-state index in [0.29, 0.717) is 37.4 Å². The van der Waals surface area contributed by atoms with Gasteiger partial charge < -0.3 is 10.6 Å². The van der Waals surface area contributed by atoms with Crippen molar-refractivity contribution in [2.24, 2.45) is 22.0 Å². The fraction of sp³-hybridized carbons (Fsp3) is 0.636. The molecule has 0 aromatic heterocycles. The number of carbonyl (C=O) groups excluding carboxylic acids is 4. The van der Waals surface area contributed by atoms with Crippen molar-refractivity contribution in [2.45, 2.75) is 53.4 Å². The Labute approximate surface area is 188 Å². The second kappa shape index (κ2) is 12.0. The van der Waals surface area contributed by atoms with Gasteiger partial charge in [-0.15, -0.1) is 0 Å². The van der Waals surface area contributed by atoms with Crippen LogP contribution >= 0.6 is 0 Å². The van der Waals surface area contributed by atoms with Crippen LogP contribution in [-0.2, 0) is 19.2 Å². The zero-order valence-corrected chi connectivity index (χ0v) is 19.2. The molecule has 0 bridgehead atoms. The highest BCUT2D eigenvalue weighted by molar-refractivity contribution is 6.40. The van der Waals surface area contributed by atoms with Gasteiger partial charge in [0.05, 0.1) is 13.1 Å². The van der Waals surface area contributed by atoms with Crippen molar-refractivity contribution in [1.82, 2.24) is 20.7 Å². The predicted molar refractivity (Wildman–Crippen MR) is 120 cm³/mol.